The van der Waals surface area contributed by atoms with Crippen LogP contribution in [0.3, 0.4) is 0 Å². The van der Waals surface area contributed by atoms with Crippen LogP contribution in [0.15, 0.2) is 47.6 Å². The molecule has 0 radical (unpaired) electrons. The van der Waals surface area contributed by atoms with Gasteiger partial charge in [0.25, 0.3) is 0 Å². The van der Waals surface area contributed by atoms with E-state index >= 15 is 0 Å². The smallest absolute Gasteiger partial charge is 0.191 e. The van der Waals surface area contributed by atoms with Crippen LogP contribution in [0.25, 0.3) is 10.1 Å². The number of nitrogens with zero attached hydrogens (tertiary/aromatic N) is 3. The van der Waals surface area contributed by atoms with Crippen molar-refractivity contribution in [3.8, 4) is 0 Å². The molecule has 1 aromatic carbocycles. The molecule has 1 aliphatic rings. The fourth-order valence-corrected chi connectivity index (χ4v) is 4.85. The molecule has 1 saturated carbocycles. The first-order valence-corrected chi connectivity index (χ1v) is 11.3. The van der Waals surface area contributed by atoms with Crippen LogP contribution in [0.5, 0.6) is 0 Å². The second-order valence-corrected chi connectivity index (χ2v) is 8.62. The molecule has 162 valence electrons. The maximum Gasteiger partial charge on any atom is 0.191 e. The molecule has 1 aliphatic carbocycles. The molecule has 8 heteroatoms. The van der Waals surface area contributed by atoms with E-state index < -0.39 is 6.10 Å². The van der Waals surface area contributed by atoms with Crippen LogP contribution in [-0.2, 0) is 6.54 Å². The molecule has 30 heavy (non-hydrogen) atoms. The number of benzene rings is 1. The van der Waals surface area contributed by atoms with Crippen LogP contribution in [0, 0.1) is 0 Å². The summed E-state index contributed by atoms with van der Waals surface area (Å²) in [6, 6.07) is 12.9. The molecule has 3 aromatic rings. The molecule has 0 amide bonds. The van der Waals surface area contributed by atoms with E-state index in [1.165, 1.54) is 35.8 Å². The normalized spacial score (nSPS) is 15.9. The van der Waals surface area contributed by atoms with E-state index in [0.29, 0.717) is 25.1 Å². The van der Waals surface area contributed by atoms with Crippen molar-refractivity contribution >= 4 is 51.4 Å². The Morgan fingerprint density at radius 1 is 1.27 bits per heavy atom. The summed E-state index contributed by atoms with van der Waals surface area (Å²) in [5.41, 5.74) is 0.971. The highest BCUT2D eigenvalue weighted by Crippen LogP contribution is 2.30. The fraction of sp³-hybridized carbons (Fsp3) is 0.455. The quantitative estimate of drug-likeness (QED) is 0.233. The Morgan fingerprint density at radius 2 is 2.07 bits per heavy atom. The average Bonchev–Trinajstić information content (AvgIpc) is 3.49. The van der Waals surface area contributed by atoms with Gasteiger partial charge in [-0.1, -0.05) is 31.0 Å². The van der Waals surface area contributed by atoms with E-state index in [4.69, 9.17) is 5.10 Å². The predicted octanol–water partition coefficient (Wildman–Crippen LogP) is 4.62. The maximum absolute atomic E-state index is 10.6. The number of hydrogen-bond acceptors (Lipinski definition) is 4. The molecule has 6 nitrogen and oxygen atoms in total. The summed E-state index contributed by atoms with van der Waals surface area (Å²) >= 11 is 1.63. The molecule has 4 rings (SSSR count). The van der Waals surface area contributed by atoms with Gasteiger partial charge in [-0.15, -0.1) is 35.3 Å². The van der Waals surface area contributed by atoms with E-state index in [-0.39, 0.29) is 24.0 Å². The third kappa shape index (κ3) is 5.73. The Morgan fingerprint density at radius 3 is 2.83 bits per heavy atom. The summed E-state index contributed by atoms with van der Waals surface area (Å²) in [4.78, 5) is 5.61. The van der Waals surface area contributed by atoms with Crippen LogP contribution < -0.4 is 10.6 Å². The molecular formula is C22H30IN5OS. The highest BCUT2D eigenvalue weighted by atomic mass is 127. The Labute approximate surface area is 198 Å². The van der Waals surface area contributed by atoms with Gasteiger partial charge in [-0.25, -0.2) is 4.99 Å². The predicted molar refractivity (Wildman–Crippen MR) is 135 cm³/mol. The van der Waals surface area contributed by atoms with Gasteiger partial charge in [-0.05, 0) is 43.4 Å². The number of aliphatic hydroxyl groups is 1. The van der Waals surface area contributed by atoms with Gasteiger partial charge < -0.3 is 15.7 Å². The lowest BCUT2D eigenvalue weighted by molar-refractivity contribution is 0.184. The second kappa shape index (κ2) is 11.1. The number of nitrogens with one attached hydrogen (secondary N) is 2. The van der Waals surface area contributed by atoms with Crippen molar-refractivity contribution in [2.75, 3.05) is 13.1 Å². The lowest BCUT2D eigenvalue weighted by Gasteiger charge is -2.14. The number of aliphatic hydroxyl groups excluding tert-OH is 1. The van der Waals surface area contributed by atoms with Gasteiger partial charge in [0.1, 0.15) is 6.10 Å². The van der Waals surface area contributed by atoms with Gasteiger partial charge in [-0.2, -0.15) is 5.10 Å². The van der Waals surface area contributed by atoms with Crippen molar-refractivity contribution in [1.82, 2.24) is 20.4 Å². The van der Waals surface area contributed by atoms with Crippen molar-refractivity contribution in [2.24, 2.45) is 4.99 Å². The third-order valence-corrected chi connectivity index (χ3v) is 6.56. The van der Waals surface area contributed by atoms with Crippen LogP contribution in [0.2, 0.25) is 0 Å². The standard InChI is InChI=1S/C22H29N5OS.HI/c1-2-23-22(24-14-17-11-12-27(26-17)18-8-4-5-9-18)25-15-19(28)21-13-16-7-3-6-10-20(16)29-21;/h3,6-7,10-13,18-19,28H,2,4-5,8-9,14-15H2,1H3,(H2,23,24,25);1H. The zero-order valence-corrected chi connectivity index (χ0v) is 20.4. The average molecular weight is 539 g/mol. The topological polar surface area (TPSA) is 74.5 Å². The van der Waals surface area contributed by atoms with Gasteiger partial charge in [0, 0.05) is 28.9 Å². The molecule has 0 bridgehead atoms. The van der Waals surface area contributed by atoms with Crippen LogP contribution in [-0.4, -0.2) is 33.9 Å². The lowest BCUT2D eigenvalue weighted by Crippen LogP contribution is -2.39. The second-order valence-electron chi connectivity index (χ2n) is 7.50. The maximum atomic E-state index is 10.6. The van der Waals surface area contributed by atoms with E-state index in [9.17, 15) is 5.11 Å². The summed E-state index contributed by atoms with van der Waals surface area (Å²) in [6.07, 6.45) is 6.56. The minimum Gasteiger partial charge on any atom is -0.386 e. The van der Waals surface area contributed by atoms with Crippen LogP contribution >= 0.6 is 35.3 Å². The van der Waals surface area contributed by atoms with E-state index in [1.54, 1.807) is 11.3 Å². The number of thiophene rings is 1. The summed E-state index contributed by atoms with van der Waals surface area (Å²) in [7, 11) is 0. The molecular weight excluding hydrogens is 509 g/mol. The Bertz CT molecular complexity index is 930. The highest BCUT2D eigenvalue weighted by molar-refractivity contribution is 14.0. The van der Waals surface area contributed by atoms with Crippen molar-refractivity contribution in [1.29, 1.82) is 0 Å². The van der Waals surface area contributed by atoms with Gasteiger partial charge in [0.15, 0.2) is 5.96 Å². The minimum absolute atomic E-state index is 0. The van der Waals surface area contributed by atoms with Gasteiger partial charge in [0.2, 0.25) is 0 Å². The highest BCUT2D eigenvalue weighted by Gasteiger charge is 2.17. The zero-order valence-electron chi connectivity index (χ0n) is 17.3. The van der Waals surface area contributed by atoms with Crippen molar-refractivity contribution in [3.63, 3.8) is 0 Å². The number of guanidine groups is 1. The Hall–Kier alpha value is -1.65. The summed E-state index contributed by atoms with van der Waals surface area (Å²) < 4.78 is 3.30. The number of halogens is 1. The molecule has 0 aliphatic heterocycles. The van der Waals surface area contributed by atoms with Crippen molar-refractivity contribution in [3.05, 3.63) is 53.2 Å². The van der Waals surface area contributed by atoms with E-state index in [0.717, 1.165) is 17.1 Å². The SMILES string of the molecule is CCNC(=NCc1ccn(C2CCCC2)n1)NCC(O)c1cc2ccccc2s1.I. The number of aliphatic imine (C=N–C) groups is 1. The first kappa shape index (κ1) is 23.0. The molecule has 2 aromatic heterocycles. The first-order valence-electron chi connectivity index (χ1n) is 10.5. The number of aromatic nitrogens is 2. The largest absolute Gasteiger partial charge is 0.386 e. The van der Waals surface area contributed by atoms with Crippen molar-refractivity contribution < 1.29 is 5.11 Å². The van der Waals surface area contributed by atoms with E-state index in [1.807, 2.05) is 19.1 Å². The van der Waals surface area contributed by atoms with Gasteiger partial charge in [-0.3, -0.25) is 4.68 Å². The minimum atomic E-state index is -0.571. The molecule has 2 heterocycles. The number of rotatable bonds is 7. The Balaban J connectivity index is 0.00000256. The van der Waals surface area contributed by atoms with Crippen LogP contribution in [0.4, 0.5) is 0 Å². The monoisotopic (exact) mass is 539 g/mol. The lowest BCUT2D eigenvalue weighted by atomic mass is 10.2. The number of hydrogen-bond donors (Lipinski definition) is 3. The molecule has 1 unspecified atom stereocenters. The summed E-state index contributed by atoms with van der Waals surface area (Å²) in [5.74, 6) is 0.697. The van der Waals surface area contributed by atoms with E-state index in [2.05, 4.69) is 50.8 Å². The van der Waals surface area contributed by atoms with Gasteiger partial charge >= 0.3 is 0 Å². The summed E-state index contributed by atoms with van der Waals surface area (Å²) in [6.45, 7) is 3.74. The molecule has 0 spiro atoms. The molecule has 0 saturated heterocycles. The molecule has 1 fully saturated rings. The molecule has 1 atom stereocenters. The van der Waals surface area contributed by atoms with Crippen LogP contribution in [0.1, 0.15) is 55.3 Å². The Kier molecular flexibility index (Phi) is 8.52. The molecule has 3 N–H and O–H groups in total. The fourth-order valence-electron chi connectivity index (χ4n) is 3.80. The first-order chi connectivity index (χ1) is 14.2. The zero-order chi connectivity index (χ0) is 20.1. The third-order valence-electron chi connectivity index (χ3n) is 5.34. The summed E-state index contributed by atoms with van der Waals surface area (Å²) in [5, 5.41) is 23.0. The van der Waals surface area contributed by atoms with Gasteiger partial charge in [0.05, 0.1) is 18.3 Å². The number of fused-ring (bicyclic) bond motifs is 1. The van der Waals surface area contributed by atoms with Crippen molar-refractivity contribution in [2.45, 2.75) is 51.3 Å².